The number of rotatable bonds is 5. The van der Waals surface area contributed by atoms with E-state index in [9.17, 15) is 9.59 Å². The maximum atomic E-state index is 11.6. The lowest BCUT2D eigenvalue weighted by Crippen LogP contribution is -2.30. The second kappa shape index (κ2) is 5.21. The number of primary amides is 1. The number of hydrogen-bond donors (Lipinski definition) is 2. The summed E-state index contributed by atoms with van der Waals surface area (Å²) in [6, 6.07) is 0. The molecule has 0 radical (unpaired) electrons. The number of thiophene rings is 1. The summed E-state index contributed by atoms with van der Waals surface area (Å²) >= 11 is 1.26. The summed E-state index contributed by atoms with van der Waals surface area (Å²) in [7, 11) is 1.92. The van der Waals surface area contributed by atoms with E-state index in [0.717, 1.165) is 6.54 Å². The molecule has 1 aromatic rings. The first kappa shape index (κ1) is 13.9. The molecule has 6 heteroatoms. The van der Waals surface area contributed by atoms with Crippen molar-refractivity contribution in [2.45, 2.75) is 26.2 Å². The van der Waals surface area contributed by atoms with Crippen LogP contribution in [0.2, 0.25) is 0 Å². The molecule has 0 unspecified atom stereocenters. The molecule has 2 rings (SSSR count). The van der Waals surface area contributed by atoms with Crippen LogP contribution in [0.15, 0.2) is 0 Å². The van der Waals surface area contributed by atoms with Gasteiger partial charge in [0.1, 0.15) is 5.00 Å². The summed E-state index contributed by atoms with van der Waals surface area (Å²) in [5.41, 5.74) is 11.8. The molecule has 4 N–H and O–H groups in total. The normalized spacial score (nSPS) is 15.1. The standard InChI is InChI=1S/C13H19N3O2S/c1-7(17)11-10(14)9(12(15)18)13(19-11)16(2)6-8-4-3-5-8/h8H,3-6,14H2,1-2H3,(H2,15,18). The van der Waals surface area contributed by atoms with Crippen LogP contribution in [0, 0.1) is 5.92 Å². The highest BCUT2D eigenvalue weighted by Gasteiger charge is 2.27. The van der Waals surface area contributed by atoms with Gasteiger partial charge >= 0.3 is 0 Å². The van der Waals surface area contributed by atoms with Crippen LogP contribution < -0.4 is 16.4 Å². The lowest BCUT2D eigenvalue weighted by atomic mass is 9.85. The van der Waals surface area contributed by atoms with Crippen molar-refractivity contribution in [3.63, 3.8) is 0 Å². The summed E-state index contributed by atoms with van der Waals surface area (Å²) in [5, 5.41) is 0.710. The monoisotopic (exact) mass is 281 g/mol. The summed E-state index contributed by atoms with van der Waals surface area (Å²) < 4.78 is 0. The molecule has 0 saturated heterocycles. The minimum absolute atomic E-state index is 0.131. The van der Waals surface area contributed by atoms with E-state index in [1.807, 2.05) is 11.9 Å². The van der Waals surface area contributed by atoms with Crippen molar-refractivity contribution in [2.24, 2.45) is 11.7 Å². The third-order valence-corrected chi connectivity index (χ3v) is 5.02. The van der Waals surface area contributed by atoms with Gasteiger partial charge < -0.3 is 16.4 Å². The first-order chi connectivity index (χ1) is 8.91. The molecule has 1 aliphatic rings. The zero-order valence-corrected chi connectivity index (χ0v) is 12.0. The minimum Gasteiger partial charge on any atom is -0.397 e. The first-order valence-corrected chi connectivity index (χ1v) is 7.17. The number of nitrogens with zero attached hydrogens (tertiary/aromatic N) is 1. The van der Waals surface area contributed by atoms with Crippen molar-refractivity contribution in [1.82, 2.24) is 0 Å². The van der Waals surface area contributed by atoms with Crippen molar-refractivity contribution >= 4 is 33.7 Å². The second-order valence-corrected chi connectivity index (χ2v) is 6.12. The Bertz CT molecular complexity index is 520. The number of carbonyl (C=O) groups is 2. The maximum Gasteiger partial charge on any atom is 0.253 e. The third kappa shape index (κ3) is 2.58. The average molecular weight is 281 g/mol. The van der Waals surface area contributed by atoms with Gasteiger partial charge in [0.2, 0.25) is 0 Å². The van der Waals surface area contributed by atoms with Gasteiger partial charge in [-0.25, -0.2) is 0 Å². The van der Waals surface area contributed by atoms with E-state index < -0.39 is 5.91 Å². The van der Waals surface area contributed by atoms with Crippen LogP contribution in [0.3, 0.4) is 0 Å². The highest BCUT2D eigenvalue weighted by molar-refractivity contribution is 7.19. The van der Waals surface area contributed by atoms with Gasteiger partial charge in [-0.3, -0.25) is 9.59 Å². The van der Waals surface area contributed by atoms with E-state index in [1.165, 1.54) is 37.5 Å². The largest absolute Gasteiger partial charge is 0.397 e. The quantitative estimate of drug-likeness (QED) is 0.806. The second-order valence-electron chi connectivity index (χ2n) is 5.12. The van der Waals surface area contributed by atoms with Gasteiger partial charge in [0.05, 0.1) is 16.1 Å². The molecule has 0 bridgehead atoms. The molecule has 1 fully saturated rings. The number of anilines is 2. The van der Waals surface area contributed by atoms with Crippen molar-refractivity contribution in [1.29, 1.82) is 0 Å². The molecule has 1 aliphatic carbocycles. The van der Waals surface area contributed by atoms with E-state index in [0.29, 0.717) is 15.8 Å². The zero-order valence-electron chi connectivity index (χ0n) is 11.2. The molecule has 0 aliphatic heterocycles. The number of carbonyl (C=O) groups excluding carboxylic acids is 2. The fraction of sp³-hybridized carbons (Fsp3) is 0.538. The number of amides is 1. The summed E-state index contributed by atoms with van der Waals surface area (Å²) in [4.78, 5) is 25.5. The van der Waals surface area contributed by atoms with Crippen LogP contribution in [0.4, 0.5) is 10.7 Å². The molecular formula is C13H19N3O2S. The predicted octanol–water partition coefficient (Wildman–Crippen LogP) is 1.87. The Morgan fingerprint density at radius 1 is 1.42 bits per heavy atom. The number of hydrogen-bond acceptors (Lipinski definition) is 5. The topological polar surface area (TPSA) is 89.4 Å². The SMILES string of the molecule is CC(=O)c1sc(N(C)CC2CCC2)c(C(N)=O)c1N. The lowest BCUT2D eigenvalue weighted by molar-refractivity contribution is 0.100. The first-order valence-electron chi connectivity index (χ1n) is 6.36. The number of Topliss-reactive ketones (excluding diaryl/α,β-unsaturated/α-hetero) is 1. The molecule has 5 nitrogen and oxygen atoms in total. The van der Waals surface area contributed by atoms with Crippen LogP contribution >= 0.6 is 11.3 Å². The van der Waals surface area contributed by atoms with Gasteiger partial charge in [0.25, 0.3) is 5.91 Å². The number of nitrogen functional groups attached to an aromatic ring is 1. The highest BCUT2D eigenvalue weighted by Crippen LogP contribution is 2.39. The van der Waals surface area contributed by atoms with E-state index in [2.05, 4.69) is 0 Å². The number of nitrogens with two attached hydrogens (primary N) is 2. The fourth-order valence-corrected chi connectivity index (χ4v) is 3.44. The Hall–Kier alpha value is -1.56. The summed E-state index contributed by atoms with van der Waals surface area (Å²) in [5.74, 6) is -0.0418. The predicted molar refractivity (Wildman–Crippen MR) is 77.9 cm³/mol. The van der Waals surface area contributed by atoms with Gasteiger partial charge in [0, 0.05) is 20.5 Å². The van der Waals surface area contributed by atoms with Crippen molar-refractivity contribution in [3.05, 3.63) is 10.4 Å². The molecule has 0 atom stereocenters. The van der Waals surface area contributed by atoms with Gasteiger partial charge in [-0.05, 0) is 18.8 Å². The highest BCUT2D eigenvalue weighted by atomic mass is 32.1. The summed E-state index contributed by atoms with van der Waals surface area (Å²) in [6.45, 7) is 2.32. The molecule has 0 spiro atoms. The van der Waals surface area contributed by atoms with E-state index >= 15 is 0 Å². The molecule has 1 saturated carbocycles. The van der Waals surface area contributed by atoms with Crippen LogP contribution in [-0.2, 0) is 0 Å². The Morgan fingerprint density at radius 2 is 2.05 bits per heavy atom. The van der Waals surface area contributed by atoms with Crippen molar-refractivity contribution in [2.75, 3.05) is 24.2 Å². The Balaban J connectivity index is 2.34. The van der Waals surface area contributed by atoms with Crippen LogP contribution in [0.25, 0.3) is 0 Å². The van der Waals surface area contributed by atoms with E-state index in [-0.39, 0.29) is 17.0 Å². The zero-order chi connectivity index (χ0) is 14.2. The molecule has 19 heavy (non-hydrogen) atoms. The van der Waals surface area contributed by atoms with Gasteiger partial charge in [-0.2, -0.15) is 0 Å². The van der Waals surface area contributed by atoms with Crippen LogP contribution in [-0.4, -0.2) is 25.3 Å². The van der Waals surface area contributed by atoms with Crippen LogP contribution in [0.5, 0.6) is 0 Å². The Labute approximate surface area is 116 Å². The molecule has 1 amide bonds. The van der Waals surface area contributed by atoms with Crippen molar-refractivity contribution < 1.29 is 9.59 Å². The third-order valence-electron chi connectivity index (χ3n) is 3.60. The van der Waals surface area contributed by atoms with Crippen LogP contribution in [0.1, 0.15) is 46.2 Å². The Morgan fingerprint density at radius 3 is 2.47 bits per heavy atom. The summed E-state index contributed by atoms with van der Waals surface area (Å²) in [6.07, 6.45) is 3.71. The molecule has 104 valence electrons. The van der Waals surface area contributed by atoms with E-state index in [1.54, 1.807) is 0 Å². The molecule has 1 heterocycles. The van der Waals surface area contributed by atoms with Gasteiger partial charge in [-0.1, -0.05) is 6.42 Å². The Kier molecular flexibility index (Phi) is 3.80. The molecule has 0 aromatic carbocycles. The number of ketones is 1. The molecule has 1 aromatic heterocycles. The molecular weight excluding hydrogens is 262 g/mol. The van der Waals surface area contributed by atoms with E-state index in [4.69, 9.17) is 11.5 Å². The minimum atomic E-state index is -0.572. The lowest BCUT2D eigenvalue weighted by Gasteiger charge is -2.30. The van der Waals surface area contributed by atoms with Crippen molar-refractivity contribution in [3.8, 4) is 0 Å². The van der Waals surface area contributed by atoms with Gasteiger partial charge in [0.15, 0.2) is 5.78 Å². The average Bonchev–Trinajstić information content (AvgIpc) is 2.61. The fourth-order valence-electron chi connectivity index (χ4n) is 2.35. The smallest absolute Gasteiger partial charge is 0.253 e. The van der Waals surface area contributed by atoms with Gasteiger partial charge in [-0.15, -0.1) is 11.3 Å². The maximum absolute atomic E-state index is 11.6.